The minimum atomic E-state index is 0.417. The highest BCUT2D eigenvalue weighted by Gasteiger charge is 2.24. The zero-order valence-electron chi connectivity index (χ0n) is 10.7. The standard InChI is InChI=1S/C13H20ClN3O/c1-2-18-13-7-12(15-9-16-13)17-11-6-4-3-5-10(11)8-14/h7,9-11H,2-6,8H2,1H3,(H,15,16,17). The van der Waals surface area contributed by atoms with Gasteiger partial charge in [-0.1, -0.05) is 12.8 Å². The van der Waals surface area contributed by atoms with Crippen LogP contribution in [0.2, 0.25) is 0 Å². The molecule has 0 bridgehead atoms. The molecule has 1 heterocycles. The fraction of sp³-hybridized carbons (Fsp3) is 0.692. The number of rotatable bonds is 5. The van der Waals surface area contributed by atoms with Gasteiger partial charge in [-0.05, 0) is 25.7 Å². The van der Waals surface area contributed by atoms with E-state index in [-0.39, 0.29) is 0 Å². The van der Waals surface area contributed by atoms with Crippen molar-refractivity contribution in [2.24, 2.45) is 5.92 Å². The number of hydrogen-bond acceptors (Lipinski definition) is 4. The number of alkyl halides is 1. The van der Waals surface area contributed by atoms with Crippen LogP contribution in [0.15, 0.2) is 12.4 Å². The van der Waals surface area contributed by atoms with Gasteiger partial charge in [0.2, 0.25) is 5.88 Å². The van der Waals surface area contributed by atoms with E-state index in [0.29, 0.717) is 30.3 Å². The molecule has 0 aromatic carbocycles. The topological polar surface area (TPSA) is 47.0 Å². The molecule has 1 saturated carbocycles. The summed E-state index contributed by atoms with van der Waals surface area (Å²) < 4.78 is 5.37. The molecular formula is C13H20ClN3O. The lowest BCUT2D eigenvalue weighted by atomic mass is 9.86. The van der Waals surface area contributed by atoms with Gasteiger partial charge in [-0.3, -0.25) is 0 Å². The Morgan fingerprint density at radius 1 is 1.39 bits per heavy atom. The van der Waals surface area contributed by atoms with Crippen LogP contribution in [0.3, 0.4) is 0 Å². The number of hydrogen-bond donors (Lipinski definition) is 1. The molecule has 1 aromatic rings. The number of nitrogens with one attached hydrogen (secondary N) is 1. The molecule has 0 saturated heterocycles. The van der Waals surface area contributed by atoms with Gasteiger partial charge in [0.1, 0.15) is 12.1 Å². The fourth-order valence-corrected chi connectivity index (χ4v) is 2.79. The van der Waals surface area contributed by atoms with E-state index in [9.17, 15) is 0 Å². The predicted octanol–water partition coefficient (Wildman–Crippen LogP) is 3.08. The highest BCUT2D eigenvalue weighted by atomic mass is 35.5. The molecule has 2 unspecified atom stereocenters. The van der Waals surface area contributed by atoms with E-state index >= 15 is 0 Å². The van der Waals surface area contributed by atoms with Crippen molar-refractivity contribution < 1.29 is 4.74 Å². The third kappa shape index (κ3) is 3.48. The predicted molar refractivity (Wildman–Crippen MR) is 73.3 cm³/mol. The second-order valence-electron chi connectivity index (χ2n) is 4.62. The SMILES string of the molecule is CCOc1cc(NC2CCCCC2CCl)ncn1. The van der Waals surface area contributed by atoms with E-state index in [1.807, 2.05) is 13.0 Å². The second kappa shape index (κ2) is 6.78. The molecule has 1 aliphatic carbocycles. The molecule has 100 valence electrons. The maximum Gasteiger partial charge on any atom is 0.218 e. The number of ether oxygens (including phenoxy) is 1. The summed E-state index contributed by atoms with van der Waals surface area (Å²) in [5, 5.41) is 3.47. The lowest BCUT2D eigenvalue weighted by Crippen LogP contribution is -2.33. The van der Waals surface area contributed by atoms with Crippen LogP contribution in [0.4, 0.5) is 5.82 Å². The van der Waals surface area contributed by atoms with Gasteiger partial charge in [0.15, 0.2) is 0 Å². The van der Waals surface area contributed by atoms with Crippen LogP contribution < -0.4 is 10.1 Å². The molecular weight excluding hydrogens is 250 g/mol. The Bertz CT molecular complexity index is 375. The molecule has 2 rings (SSSR count). The lowest BCUT2D eigenvalue weighted by Gasteiger charge is -2.31. The van der Waals surface area contributed by atoms with Gasteiger partial charge >= 0.3 is 0 Å². The van der Waals surface area contributed by atoms with E-state index in [4.69, 9.17) is 16.3 Å². The Hall–Kier alpha value is -1.03. The first-order chi connectivity index (χ1) is 8.83. The van der Waals surface area contributed by atoms with Gasteiger partial charge in [0, 0.05) is 18.0 Å². The molecule has 0 amide bonds. The summed E-state index contributed by atoms with van der Waals surface area (Å²) in [6.07, 6.45) is 6.43. The summed E-state index contributed by atoms with van der Waals surface area (Å²) in [5.74, 6) is 2.69. The minimum absolute atomic E-state index is 0.417. The zero-order valence-corrected chi connectivity index (χ0v) is 11.5. The summed E-state index contributed by atoms with van der Waals surface area (Å²) in [7, 11) is 0. The van der Waals surface area contributed by atoms with Crippen LogP contribution in [-0.2, 0) is 0 Å². The Kier molecular flexibility index (Phi) is 5.05. The lowest BCUT2D eigenvalue weighted by molar-refractivity contribution is 0.325. The average Bonchev–Trinajstić information content (AvgIpc) is 2.40. The number of halogens is 1. The summed E-state index contributed by atoms with van der Waals surface area (Å²) in [6.45, 7) is 2.56. The summed E-state index contributed by atoms with van der Waals surface area (Å²) in [5.41, 5.74) is 0. The van der Waals surface area contributed by atoms with E-state index < -0.39 is 0 Å². The van der Waals surface area contributed by atoms with Gasteiger partial charge in [-0.25, -0.2) is 9.97 Å². The number of nitrogens with zero attached hydrogens (tertiary/aromatic N) is 2. The molecule has 0 radical (unpaired) electrons. The van der Waals surface area contributed by atoms with Crippen molar-refractivity contribution in [1.29, 1.82) is 0 Å². The van der Waals surface area contributed by atoms with Crippen LogP contribution >= 0.6 is 11.6 Å². The van der Waals surface area contributed by atoms with E-state index in [1.54, 1.807) is 0 Å². The molecule has 1 aromatic heterocycles. The molecule has 1 aliphatic rings. The molecule has 2 atom stereocenters. The van der Waals surface area contributed by atoms with E-state index in [0.717, 1.165) is 12.2 Å². The quantitative estimate of drug-likeness (QED) is 0.835. The molecule has 4 nitrogen and oxygen atoms in total. The fourth-order valence-electron chi connectivity index (χ4n) is 2.42. The summed E-state index contributed by atoms with van der Waals surface area (Å²) in [4.78, 5) is 8.30. The van der Waals surface area contributed by atoms with Gasteiger partial charge in [0.05, 0.1) is 6.61 Å². The Morgan fingerprint density at radius 3 is 3.00 bits per heavy atom. The van der Waals surface area contributed by atoms with Crippen molar-refractivity contribution in [1.82, 2.24) is 9.97 Å². The molecule has 5 heteroatoms. The molecule has 0 spiro atoms. The molecule has 1 fully saturated rings. The van der Waals surface area contributed by atoms with Crippen LogP contribution in [0.5, 0.6) is 5.88 Å². The van der Waals surface area contributed by atoms with Crippen LogP contribution in [0.1, 0.15) is 32.6 Å². The third-order valence-corrected chi connectivity index (χ3v) is 3.77. The minimum Gasteiger partial charge on any atom is -0.478 e. The number of aromatic nitrogens is 2. The highest BCUT2D eigenvalue weighted by molar-refractivity contribution is 6.18. The van der Waals surface area contributed by atoms with Gasteiger partial charge in [-0.15, -0.1) is 11.6 Å². The normalized spacial score (nSPS) is 23.7. The van der Waals surface area contributed by atoms with Crippen LogP contribution in [-0.4, -0.2) is 28.5 Å². The average molecular weight is 270 g/mol. The van der Waals surface area contributed by atoms with Gasteiger partial charge < -0.3 is 10.1 Å². The Morgan fingerprint density at radius 2 is 2.22 bits per heavy atom. The zero-order chi connectivity index (χ0) is 12.8. The van der Waals surface area contributed by atoms with Crippen LogP contribution in [0, 0.1) is 5.92 Å². The Balaban J connectivity index is 2.00. The van der Waals surface area contributed by atoms with E-state index in [2.05, 4.69) is 15.3 Å². The molecule has 1 N–H and O–H groups in total. The van der Waals surface area contributed by atoms with Crippen molar-refractivity contribution >= 4 is 17.4 Å². The monoisotopic (exact) mass is 269 g/mol. The van der Waals surface area contributed by atoms with Crippen LogP contribution in [0.25, 0.3) is 0 Å². The first kappa shape index (κ1) is 13.4. The largest absolute Gasteiger partial charge is 0.478 e. The highest BCUT2D eigenvalue weighted by Crippen LogP contribution is 2.28. The van der Waals surface area contributed by atoms with Crippen molar-refractivity contribution in [2.75, 3.05) is 17.8 Å². The van der Waals surface area contributed by atoms with Crippen molar-refractivity contribution in [2.45, 2.75) is 38.6 Å². The summed E-state index contributed by atoms with van der Waals surface area (Å²) >= 11 is 6.02. The number of anilines is 1. The van der Waals surface area contributed by atoms with E-state index in [1.165, 1.54) is 25.6 Å². The molecule has 0 aliphatic heterocycles. The first-order valence-corrected chi connectivity index (χ1v) is 7.14. The van der Waals surface area contributed by atoms with Crippen molar-refractivity contribution in [3.63, 3.8) is 0 Å². The maximum absolute atomic E-state index is 6.02. The van der Waals surface area contributed by atoms with Crippen molar-refractivity contribution in [3.8, 4) is 5.88 Å². The van der Waals surface area contributed by atoms with Gasteiger partial charge in [0.25, 0.3) is 0 Å². The Labute approximate surface area is 113 Å². The summed E-state index contributed by atoms with van der Waals surface area (Å²) in [6, 6.07) is 2.27. The smallest absolute Gasteiger partial charge is 0.218 e. The second-order valence-corrected chi connectivity index (χ2v) is 4.93. The third-order valence-electron chi connectivity index (χ3n) is 3.37. The maximum atomic E-state index is 6.02. The molecule has 18 heavy (non-hydrogen) atoms. The van der Waals surface area contributed by atoms with Crippen molar-refractivity contribution in [3.05, 3.63) is 12.4 Å². The first-order valence-electron chi connectivity index (χ1n) is 6.60. The van der Waals surface area contributed by atoms with Gasteiger partial charge in [-0.2, -0.15) is 0 Å².